The third-order valence-corrected chi connectivity index (χ3v) is 2.84. The fourth-order valence-corrected chi connectivity index (χ4v) is 1.84. The van der Waals surface area contributed by atoms with E-state index in [1.54, 1.807) is 25.1 Å². The molecule has 1 atom stereocenters. The van der Waals surface area contributed by atoms with Crippen molar-refractivity contribution >= 4 is 23.1 Å². The molecule has 0 bridgehead atoms. The molecular formula is C12H10ClFN4O2. The minimum atomic E-state index is -0.632. The van der Waals surface area contributed by atoms with E-state index in [-0.39, 0.29) is 16.8 Å². The van der Waals surface area contributed by atoms with Crippen molar-refractivity contribution in [3.63, 3.8) is 0 Å². The minimum absolute atomic E-state index is 0.0502. The Kier molecular flexibility index (Phi) is 4.09. The van der Waals surface area contributed by atoms with Crippen LogP contribution in [0, 0.1) is 15.9 Å². The number of benzene rings is 1. The zero-order chi connectivity index (χ0) is 14.7. The lowest BCUT2D eigenvalue weighted by Gasteiger charge is -2.15. The summed E-state index contributed by atoms with van der Waals surface area (Å²) in [6.07, 6.45) is 1.01. The number of aromatic nitrogens is 2. The molecule has 1 unspecified atom stereocenters. The molecular weight excluding hydrogens is 287 g/mol. The highest BCUT2D eigenvalue weighted by molar-refractivity contribution is 6.28. The lowest BCUT2D eigenvalue weighted by molar-refractivity contribution is -0.384. The molecule has 0 aliphatic heterocycles. The largest absolute Gasteiger partial charge is 0.358 e. The maximum absolute atomic E-state index is 13.6. The van der Waals surface area contributed by atoms with Gasteiger partial charge in [-0.1, -0.05) is 18.2 Å². The van der Waals surface area contributed by atoms with E-state index in [0.29, 0.717) is 5.56 Å². The third-order valence-electron chi connectivity index (χ3n) is 2.66. The molecule has 6 nitrogen and oxygen atoms in total. The van der Waals surface area contributed by atoms with Crippen molar-refractivity contribution in [2.24, 2.45) is 0 Å². The van der Waals surface area contributed by atoms with E-state index in [0.717, 1.165) is 6.20 Å². The Balaban J connectivity index is 2.32. The molecule has 0 spiro atoms. The van der Waals surface area contributed by atoms with Crippen molar-refractivity contribution in [3.05, 3.63) is 57.2 Å². The zero-order valence-corrected chi connectivity index (χ0v) is 11.1. The van der Waals surface area contributed by atoms with Crippen LogP contribution in [-0.4, -0.2) is 14.9 Å². The van der Waals surface area contributed by atoms with Gasteiger partial charge in [-0.25, -0.2) is 9.37 Å². The van der Waals surface area contributed by atoms with Crippen LogP contribution in [0.5, 0.6) is 0 Å². The second kappa shape index (κ2) is 5.79. The fourth-order valence-electron chi connectivity index (χ4n) is 1.70. The number of nitrogens with one attached hydrogen (secondary N) is 1. The summed E-state index contributed by atoms with van der Waals surface area (Å²) in [6.45, 7) is 1.66. The first-order chi connectivity index (χ1) is 9.49. The molecule has 0 aliphatic rings. The van der Waals surface area contributed by atoms with Gasteiger partial charge in [0.15, 0.2) is 0 Å². The summed E-state index contributed by atoms with van der Waals surface area (Å²) in [5.41, 5.74) is 0.0501. The highest BCUT2D eigenvalue weighted by atomic mass is 35.5. The van der Waals surface area contributed by atoms with Crippen LogP contribution in [0.4, 0.5) is 15.9 Å². The summed E-state index contributed by atoms with van der Waals surface area (Å²) in [5.74, 6) is -0.457. The number of anilines is 1. The maximum atomic E-state index is 13.6. The molecule has 0 saturated carbocycles. The lowest BCUT2D eigenvalue weighted by atomic mass is 10.1. The summed E-state index contributed by atoms with van der Waals surface area (Å²) in [5, 5.41) is 13.5. The van der Waals surface area contributed by atoms with Crippen LogP contribution in [0.1, 0.15) is 18.5 Å². The summed E-state index contributed by atoms with van der Waals surface area (Å²) < 4.78 is 13.6. The van der Waals surface area contributed by atoms with Gasteiger partial charge >= 0.3 is 5.69 Å². The van der Waals surface area contributed by atoms with Crippen LogP contribution in [0.2, 0.25) is 5.28 Å². The molecule has 104 valence electrons. The molecule has 0 amide bonds. The Morgan fingerprint density at radius 1 is 1.45 bits per heavy atom. The Bertz CT molecular complexity index is 653. The number of hydrogen-bond donors (Lipinski definition) is 1. The quantitative estimate of drug-likeness (QED) is 0.531. The normalized spacial score (nSPS) is 11.9. The van der Waals surface area contributed by atoms with Crippen molar-refractivity contribution in [2.45, 2.75) is 13.0 Å². The van der Waals surface area contributed by atoms with E-state index in [1.807, 2.05) is 0 Å². The van der Waals surface area contributed by atoms with Crippen LogP contribution in [0.25, 0.3) is 0 Å². The molecule has 0 radical (unpaired) electrons. The number of rotatable bonds is 4. The average Bonchev–Trinajstić information content (AvgIpc) is 2.38. The van der Waals surface area contributed by atoms with E-state index in [1.165, 1.54) is 6.07 Å². The van der Waals surface area contributed by atoms with E-state index in [9.17, 15) is 14.5 Å². The molecule has 8 heteroatoms. The number of halogens is 2. The standard InChI is InChI=1S/C12H10ClFN4O2/c1-7(8-4-2-3-5-9(8)14)16-11-10(18(19)20)6-15-12(13)17-11/h2-7H,1H3,(H,15,16,17). The summed E-state index contributed by atoms with van der Waals surface area (Å²) in [6, 6.07) is 5.63. The molecule has 1 aromatic carbocycles. The van der Waals surface area contributed by atoms with Crippen molar-refractivity contribution in [3.8, 4) is 0 Å². The molecule has 0 saturated heterocycles. The van der Waals surface area contributed by atoms with Crippen LogP contribution in [-0.2, 0) is 0 Å². The minimum Gasteiger partial charge on any atom is -0.358 e. The Morgan fingerprint density at radius 3 is 2.80 bits per heavy atom. The molecule has 1 N–H and O–H groups in total. The highest BCUT2D eigenvalue weighted by Gasteiger charge is 2.20. The van der Waals surface area contributed by atoms with Crippen LogP contribution in [0.15, 0.2) is 30.5 Å². The molecule has 1 heterocycles. The Labute approximate surface area is 118 Å². The molecule has 1 aromatic heterocycles. The second-order valence-electron chi connectivity index (χ2n) is 4.02. The van der Waals surface area contributed by atoms with Crippen LogP contribution >= 0.6 is 11.6 Å². The first-order valence-corrected chi connectivity index (χ1v) is 6.04. The zero-order valence-electron chi connectivity index (χ0n) is 10.4. The highest BCUT2D eigenvalue weighted by Crippen LogP contribution is 2.27. The van der Waals surface area contributed by atoms with Gasteiger partial charge in [0.2, 0.25) is 11.1 Å². The van der Waals surface area contributed by atoms with Gasteiger partial charge in [-0.2, -0.15) is 4.98 Å². The SMILES string of the molecule is CC(Nc1nc(Cl)ncc1[N+](=O)[O-])c1ccccc1F. The average molecular weight is 297 g/mol. The van der Waals surface area contributed by atoms with Crippen molar-refractivity contribution in [1.29, 1.82) is 0 Å². The van der Waals surface area contributed by atoms with Gasteiger partial charge in [0.05, 0.1) is 11.0 Å². The lowest BCUT2D eigenvalue weighted by Crippen LogP contribution is -2.11. The van der Waals surface area contributed by atoms with Crippen LogP contribution in [0.3, 0.4) is 0 Å². The van der Waals surface area contributed by atoms with Gasteiger partial charge in [0, 0.05) is 5.56 Å². The molecule has 2 rings (SSSR count). The summed E-state index contributed by atoms with van der Waals surface area (Å²) >= 11 is 5.62. The van der Waals surface area contributed by atoms with Crippen molar-refractivity contribution in [2.75, 3.05) is 5.32 Å². The molecule has 0 fully saturated rings. The smallest absolute Gasteiger partial charge is 0.329 e. The summed E-state index contributed by atoms with van der Waals surface area (Å²) in [7, 11) is 0. The third kappa shape index (κ3) is 3.00. The number of nitro groups is 1. The number of nitrogens with zero attached hydrogens (tertiary/aromatic N) is 3. The van der Waals surface area contributed by atoms with E-state index >= 15 is 0 Å². The van der Waals surface area contributed by atoms with Gasteiger partial charge in [-0.3, -0.25) is 10.1 Å². The monoisotopic (exact) mass is 296 g/mol. The van der Waals surface area contributed by atoms with Crippen LogP contribution < -0.4 is 5.32 Å². The first kappa shape index (κ1) is 14.1. The summed E-state index contributed by atoms with van der Waals surface area (Å²) in [4.78, 5) is 17.6. The second-order valence-corrected chi connectivity index (χ2v) is 4.36. The number of hydrogen-bond acceptors (Lipinski definition) is 5. The van der Waals surface area contributed by atoms with Gasteiger partial charge < -0.3 is 5.32 Å². The topological polar surface area (TPSA) is 81.0 Å². The van der Waals surface area contributed by atoms with E-state index in [4.69, 9.17) is 11.6 Å². The maximum Gasteiger partial charge on any atom is 0.329 e. The predicted octanol–water partition coefficient (Wildman–Crippen LogP) is 3.35. The Hall–Kier alpha value is -2.28. The fraction of sp³-hybridized carbons (Fsp3) is 0.167. The molecule has 20 heavy (non-hydrogen) atoms. The van der Waals surface area contributed by atoms with Gasteiger partial charge in [-0.05, 0) is 24.6 Å². The molecule has 2 aromatic rings. The predicted molar refractivity (Wildman–Crippen MR) is 72.1 cm³/mol. The van der Waals surface area contributed by atoms with Gasteiger partial charge in [0.1, 0.15) is 12.0 Å². The molecule has 0 aliphatic carbocycles. The van der Waals surface area contributed by atoms with E-state index < -0.39 is 16.8 Å². The van der Waals surface area contributed by atoms with Gasteiger partial charge in [0.25, 0.3) is 0 Å². The van der Waals surface area contributed by atoms with Crippen molar-refractivity contribution < 1.29 is 9.31 Å². The Morgan fingerprint density at radius 2 is 2.15 bits per heavy atom. The first-order valence-electron chi connectivity index (χ1n) is 5.67. The van der Waals surface area contributed by atoms with Crippen molar-refractivity contribution in [1.82, 2.24) is 9.97 Å². The van der Waals surface area contributed by atoms with E-state index in [2.05, 4.69) is 15.3 Å². The van der Waals surface area contributed by atoms with Gasteiger partial charge in [-0.15, -0.1) is 0 Å².